The Morgan fingerprint density at radius 1 is 1.04 bits per heavy atom. The first kappa shape index (κ1) is 15.3. The lowest BCUT2D eigenvalue weighted by Crippen LogP contribution is -2.11. The van der Waals surface area contributed by atoms with Crippen molar-refractivity contribution in [1.29, 1.82) is 0 Å². The molecule has 0 atom stereocenters. The molecule has 1 heterocycles. The van der Waals surface area contributed by atoms with Crippen LogP contribution in [0.4, 0.5) is 8.78 Å². The summed E-state index contributed by atoms with van der Waals surface area (Å²) in [4.78, 5) is 11.8. The van der Waals surface area contributed by atoms with Crippen LogP contribution in [0.3, 0.4) is 0 Å². The second-order valence-electron chi connectivity index (χ2n) is 5.86. The van der Waals surface area contributed by atoms with E-state index in [0.29, 0.717) is 28.4 Å². The summed E-state index contributed by atoms with van der Waals surface area (Å²) in [7, 11) is 0. The van der Waals surface area contributed by atoms with Gasteiger partial charge < -0.3 is 10.3 Å². The average molecular weight is 335 g/mol. The maximum atomic E-state index is 13.8. The van der Waals surface area contributed by atoms with Crippen LogP contribution < -0.4 is 5.73 Å². The number of fused-ring (bicyclic) bond motifs is 3. The molecule has 0 spiro atoms. The van der Waals surface area contributed by atoms with E-state index in [-0.39, 0.29) is 5.82 Å². The molecule has 0 fully saturated rings. The molecule has 1 amide bonds. The van der Waals surface area contributed by atoms with Gasteiger partial charge in [-0.15, -0.1) is 0 Å². The maximum absolute atomic E-state index is 13.8. The third kappa shape index (κ3) is 2.54. The smallest absolute Gasteiger partial charge is 0.249 e. The molecule has 2 N–H and O–H groups in total. The summed E-state index contributed by atoms with van der Waals surface area (Å²) in [5, 5.41) is 1.24. The van der Waals surface area contributed by atoms with Crippen LogP contribution in [0.5, 0.6) is 0 Å². The number of hydrogen-bond acceptors (Lipinski definition) is 1. The van der Waals surface area contributed by atoms with E-state index in [1.807, 2.05) is 10.6 Å². The number of halogens is 2. The second-order valence-corrected chi connectivity index (χ2v) is 5.86. The van der Waals surface area contributed by atoms with Crippen molar-refractivity contribution in [2.45, 2.75) is 6.54 Å². The van der Waals surface area contributed by atoms with Crippen LogP contribution in [0.15, 0.2) is 54.6 Å². The van der Waals surface area contributed by atoms with Gasteiger partial charge in [0, 0.05) is 22.9 Å². The lowest BCUT2D eigenvalue weighted by Gasteiger charge is -2.08. The predicted molar refractivity (Wildman–Crippen MR) is 92.3 cm³/mol. The number of rotatable bonds is 3. The van der Waals surface area contributed by atoms with E-state index >= 15 is 0 Å². The van der Waals surface area contributed by atoms with Gasteiger partial charge in [-0.05, 0) is 48.0 Å². The molecule has 4 aromatic rings. The van der Waals surface area contributed by atoms with Crippen molar-refractivity contribution in [3.8, 4) is 0 Å². The fraction of sp³-hybridized carbons (Fsp3) is 0.0500. The lowest BCUT2D eigenvalue weighted by molar-refractivity contribution is 0.100. The number of hydrogen-bond donors (Lipinski definition) is 1. The molecule has 123 valence electrons. The molecule has 0 bridgehead atoms. The van der Waals surface area contributed by atoms with Gasteiger partial charge in [-0.1, -0.05) is 18.2 Å². The fourth-order valence-electron chi connectivity index (χ4n) is 3.22. The van der Waals surface area contributed by atoms with Gasteiger partial charge in [0.05, 0.1) is 11.0 Å². The number of aromatic nitrogens is 1. The predicted octanol–water partition coefficient (Wildman–Crippen LogP) is 4.02. The van der Waals surface area contributed by atoms with Crippen LogP contribution in [0, 0.1) is 17.7 Å². The van der Waals surface area contributed by atoms with Crippen LogP contribution in [0.2, 0.25) is 0 Å². The van der Waals surface area contributed by atoms with Crippen molar-refractivity contribution in [3.05, 3.63) is 83.4 Å². The molecular weight excluding hydrogens is 322 g/mol. The van der Waals surface area contributed by atoms with Gasteiger partial charge in [0.2, 0.25) is 5.91 Å². The maximum Gasteiger partial charge on any atom is 0.249 e. The summed E-state index contributed by atoms with van der Waals surface area (Å²) in [5.41, 5.74) is 7.87. The van der Waals surface area contributed by atoms with E-state index in [1.54, 1.807) is 24.3 Å². The Labute approximate surface area is 142 Å². The zero-order chi connectivity index (χ0) is 17.6. The monoisotopic (exact) mass is 335 g/mol. The van der Waals surface area contributed by atoms with Crippen molar-refractivity contribution in [3.63, 3.8) is 0 Å². The van der Waals surface area contributed by atoms with Gasteiger partial charge in [-0.25, -0.2) is 8.78 Å². The van der Waals surface area contributed by atoms with Gasteiger partial charge in [-0.2, -0.15) is 0 Å². The molecule has 3 aromatic carbocycles. The van der Waals surface area contributed by atoms with Crippen molar-refractivity contribution in [2.75, 3.05) is 0 Å². The van der Waals surface area contributed by atoms with E-state index in [4.69, 9.17) is 5.73 Å². The second kappa shape index (κ2) is 5.70. The molecule has 0 saturated heterocycles. The third-order valence-electron chi connectivity index (χ3n) is 4.25. The minimum absolute atomic E-state index is 0.331. The zero-order valence-electron chi connectivity index (χ0n) is 13.1. The topological polar surface area (TPSA) is 48.0 Å². The largest absolute Gasteiger partial charge is 0.366 e. The minimum atomic E-state index is -0.562. The number of carbonyl (C=O) groups excluding carboxylic acids is 1. The minimum Gasteiger partial charge on any atom is -0.366 e. The normalized spacial score (nSPS) is 11.3. The van der Waals surface area contributed by atoms with Crippen molar-refractivity contribution < 1.29 is 13.6 Å². The third-order valence-corrected chi connectivity index (χ3v) is 4.25. The van der Waals surface area contributed by atoms with Gasteiger partial charge in [0.1, 0.15) is 11.6 Å². The number of primary amides is 1. The Morgan fingerprint density at radius 3 is 2.60 bits per heavy atom. The van der Waals surface area contributed by atoms with Gasteiger partial charge in [-0.3, -0.25) is 4.79 Å². The standard InChI is InChI=1S/C20H13F2N2O/c21-13-4-1-3-12(9-13)11-24-17-6-2-5-16(20(23)25)19(17)15-8-7-14(22)10-18(15)24/h1-7,9-10H,11H2,(H2,23,25). The van der Waals surface area contributed by atoms with Gasteiger partial charge in [0.15, 0.2) is 0 Å². The molecule has 5 heteroatoms. The first-order valence-electron chi connectivity index (χ1n) is 7.71. The molecule has 1 aromatic heterocycles. The SMILES string of the molecule is NC(=O)c1cccc2c1c1[c]cc(F)cc1n2Cc1cccc(F)c1. The summed E-state index contributed by atoms with van der Waals surface area (Å²) in [5.74, 6) is -1.33. The molecule has 4 rings (SSSR count). The number of carbonyl (C=O) groups is 1. The molecule has 1 radical (unpaired) electrons. The zero-order valence-corrected chi connectivity index (χ0v) is 13.1. The molecule has 3 nitrogen and oxygen atoms in total. The number of amides is 1. The quantitative estimate of drug-likeness (QED) is 0.604. The molecule has 0 saturated carbocycles. The van der Waals surface area contributed by atoms with Crippen LogP contribution in [0.25, 0.3) is 21.8 Å². The Hall–Kier alpha value is -3.21. The molecule has 0 aliphatic carbocycles. The molecular formula is C20H13F2N2O. The van der Waals surface area contributed by atoms with Crippen LogP contribution in [-0.2, 0) is 6.54 Å². The molecule has 0 aliphatic heterocycles. The molecule has 25 heavy (non-hydrogen) atoms. The van der Waals surface area contributed by atoms with Crippen LogP contribution in [-0.4, -0.2) is 10.5 Å². The average Bonchev–Trinajstić information content (AvgIpc) is 2.88. The van der Waals surface area contributed by atoms with E-state index in [9.17, 15) is 13.6 Å². The summed E-state index contributed by atoms with van der Waals surface area (Å²) in [6, 6.07) is 16.9. The number of nitrogens with two attached hydrogens (primary N) is 1. The number of benzene rings is 3. The van der Waals surface area contributed by atoms with Crippen molar-refractivity contribution in [2.24, 2.45) is 5.73 Å². The highest BCUT2D eigenvalue weighted by Gasteiger charge is 2.17. The van der Waals surface area contributed by atoms with E-state index in [1.165, 1.54) is 24.3 Å². The van der Waals surface area contributed by atoms with Crippen LogP contribution in [0.1, 0.15) is 15.9 Å². The Bertz CT molecular complexity index is 1130. The summed E-state index contributed by atoms with van der Waals surface area (Å²) in [6.07, 6.45) is 0. The van der Waals surface area contributed by atoms with Gasteiger partial charge in [0.25, 0.3) is 0 Å². The highest BCUT2D eigenvalue weighted by molar-refractivity contribution is 6.17. The van der Waals surface area contributed by atoms with E-state index in [2.05, 4.69) is 6.07 Å². The first-order chi connectivity index (χ1) is 12.0. The summed E-state index contributed by atoms with van der Waals surface area (Å²) in [6.45, 7) is 0.331. The Balaban J connectivity index is 2.06. The molecule has 0 unspecified atom stereocenters. The molecule has 0 aliphatic rings. The van der Waals surface area contributed by atoms with Crippen LogP contribution >= 0.6 is 0 Å². The lowest BCUT2D eigenvalue weighted by atomic mass is 10.1. The van der Waals surface area contributed by atoms with E-state index < -0.39 is 11.7 Å². The number of nitrogens with zero attached hydrogens (tertiary/aromatic N) is 1. The highest BCUT2D eigenvalue weighted by atomic mass is 19.1. The van der Waals surface area contributed by atoms with E-state index in [0.717, 1.165) is 11.1 Å². The highest BCUT2D eigenvalue weighted by Crippen LogP contribution is 2.32. The van der Waals surface area contributed by atoms with Gasteiger partial charge >= 0.3 is 0 Å². The Morgan fingerprint density at radius 2 is 1.84 bits per heavy atom. The fourth-order valence-corrected chi connectivity index (χ4v) is 3.22. The van der Waals surface area contributed by atoms with Crippen molar-refractivity contribution in [1.82, 2.24) is 4.57 Å². The summed E-state index contributed by atoms with van der Waals surface area (Å²) < 4.78 is 29.2. The van der Waals surface area contributed by atoms with Crippen molar-refractivity contribution >= 4 is 27.7 Å². The Kier molecular flexibility index (Phi) is 3.50. The summed E-state index contributed by atoms with van der Waals surface area (Å²) >= 11 is 0. The first-order valence-corrected chi connectivity index (χ1v) is 7.71.